The number of rotatable bonds is 6. The lowest BCUT2D eigenvalue weighted by Gasteiger charge is -2.09. The number of benzene rings is 1. The maximum Gasteiger partial charge on any atom is 0.310 e. The summed E-state index contributed by atoms with van der Waals surface area (Å²) in [5, 5.41) is 6.26. The maximum absolute atomic E-state index is 11.8. The molecule has 24 heavy (non-hydrogen) atoms. The standard InChI is InChI=1S/C15H14ClNO5S2/c1-24(20,21)11-2-3-12(16)13(7-11)17-14(18)8-22-15(19)6-10-4-5-23-9-10/h2-5,7,9H,6,8H2,1H3,(H,17,18). The first-order chi connectivity index (χ1) is 11.3. The van der Waals surface area contributed by atoms with Crippen LogP contribution in [-0.2, 0) is 30.6 Å². The average molecular weight is 388 g/mol. The van der Waals surface area contributed by atoms with Crippen LogP contribution in [0.5, 0.6) is 0 Å². The van der Waals surface area contributed by atoms with Gasteiger partial charge in [-0.3, -0.25) is 9.59 Å². The Morgan fingerprint density at radius 2 is 2.04 bits per heavy atom. The van der Waals surface area contributed by atoms with Crippen molar-refractivity contribution in [2.75, 3.05) is 18.2 Å². The number of carbonyl (C=O) groups excluding carboxylic acids is 2. The average Bonchev–Trinajstić information content (AvgIpc) is 2.99. The summed E-state index contributed by atoms with van der Waals surface area (Å²) in [6.07, 6.45) is 1.13. The number of sulfone groups is 1. The van der Waals surface area contributed by atoms with E-state index >= 15 is 0 Å². The van der Waals surface area contributed by atoms with Crippen LogP contribution in [0.25, 0.3) is 0 Å². The minimum Gasteiger partial charge on any atom is -0.455 e. The fourth-order valence-electron chi connectivity index (χ4n) is 1.77. The Bertz CT molecular complexity index is 847. The first kappa shape index (κ1) is 18.4. The van der Waals surface area contributed by atoms with Gasteiger partial charge in [-0.1, -0.05) is 11.6 Å². The van der Waals surface area contributed by atoms with Crippen LogP contribution in [-0.4, -0.2) is 33.2 Å². The zero-order valence-corrected chi connectivity index (χ0v) is 15.0. The van der Waals surface area contributed by atoms with Crippen LogP contribution in [0.15, 0.2) is 39.9 Å². The molecule has 0 bridgehead atoms. The Kier molecular flexibility index (Phi) is 5.98. The summed E-state index contributed by atoms with van der Waals surface area (Å²) in [7, 11) is -3.43. The summed E-state index contributed by atoms with van der Waals surface area (Å²) in [4.78, 5) is 23.5. The molecule has 0 unspecified atom stereocenters. The number of ether oxygens (including phenoxy) is 1. The molecule has 0 fully saturated rings. The van der Waals surface area contributed by atoms with Crippen molar-refractivity contribution < 1.29 is 22.7 Å². The van der Waals surface area contributed by atoms with Crippen molar-refractivity contribution in [3.05, 3.63) is 45.6 Å². The molecule has 1 aromatic heterocycles. The molecular formula is C15H14ClNO5S2. The van der Waals surface area contributed by atoms with Gasteiger partial charge in [0.1, 0.15) is 0 Å². The van der Waals surface area contributed by atoms with E-state index in [2.05, 4.69) is 5.32 Å². The number of thiophene rings is 1. The van der Waals surface area contributed by atoms with Crippen LogP contribution in [0.3, 0.4) is 0 Å². The molecule has 1 heterocycles. The van der Waals surface area contributed by atoms with Gasteiger partial charge in [-0.2, -0.15) is 11.3 Å². The van der Waals surface area contributed by atoms with Gasteiger partial charge in [-0.05, 0) is 40.6 Å². The lowest BCUT2D eigenvalue weighted by atomic mass is 10.2. The maximum atomic E-state index is 11.8. The molecule has 128 valence electrons. The Morgan fingerprint density at radius 3 is 2.67 bits per heavy atom. The van der Waals surface area contributed by atoms with Crippen molar-refractivity contribution in [3.8, 4) is 0 Å². The highest BCUT2D eigenvalue weighted by Gasteiger charge is 2.14. The van der Waals surface area contributed by atoms with Crippen molar-refractivity contribution in [2.24, 2.45) is 0 Å². The summed E-state index contributed by atoms with van der Waals surface area (Å²) < 4.78 is 27.9. The molecule has 0 saturated heterocycles. The van der Waals surface area contributed by atoms with Gasteiger partial charge in [0.15, 0.2) is 16.4 Å². The van der Waals surface area contributed by atoms with E-state index in [1.54, 1.807) is 6.07 Å². The van der Waals surface area contributed by atoms with Gasteiger partial charge in [0.25, 0.3) is 5.91 Å². The smallest absolute Gasteiger partial charge is 0.310 e. The van der Waals surface area contributed by atoms with Gasteiger partial charge in [0, 0.05) is 6.26 Å². The fraction of sp³-hybridized carbons (Fsp3) is 0.200. The lowest BCUT2D eigenvalue weighted by molar-refractivity contribution is -0.146. The number of anilines is 1. The first-order valence-corrected chi connectivity index (χ1v) is 9.93. The van der Waals surface area contributed by atoms with Gasteiger partial charge in [-0.15, -0.1) is 0 Å². The van der Waals surface area contributed by atoms with Crippen molar-refractivity contribution in [2.45, 2.75) is 11.3 Å². The topological polar surface area (TPSA) is 89.5 Å². The second kappa shape index (κ2) is 7.78. The molecule has 0 aliphatic carbocycles. The highest BCUT2D eigenvalue weighted by atomic mass is 35.5. The van der Waals surface area contributed by atoms with Crippen LogP contribution in [0, 0.1) is 0 Å². The van der Waals surface area contributed by atoms with Crippen LogP contribution in [0.4, 0.5) is 5.69 Å². The van der Waals surface area contributed by atoms with E-state index in [0.29, 0.717) is 0 Å². The van der Waals surface area contributed by atoms with Crippen LogP contribution in [0.2, 0.25) is 5.02 Å². The molecule has 0 aliphatic heterocycles. The highest BCUT2D eigenvalue weighted by molar-refractivity contribution is 7.90. The minimum absolute atomic E-state index is 0.0247. The zero-order valence-electron chi connectivity index (χ0n) is 12.6. The fourth-order valence-corrected chi connectivity index (χ4v) is 3.25. The van der Waals surface area contributed by atoms with E-state index in [1.807, 2.05) is 10.8 Å². The zero-order chi connectivity index (χ0) is 17.7. The summed E-state index contributed by atoms with van der Waals surface area (Å²) in [5.41, 5.74) is 0.952. The predicted octanol–water partition coefficient (Wildman–Crippen LogP) is 2.53. The molecule has 0 aliphatic rings. The molecule has 2 rings (SSSR count). The van der Waals surface area contributed by atoms with Crippen LogP contribution < -0.4 is 5.32 Å². The van der Waals surface area contributed by atoms with Gasteiger partial charge in [0.05, 0.1) is 22.0 Å². The molecule has 1 aromatic carbocycles. The van der Waals surface area contributed by atoms with Crippen LogP contribution in [0.1, 0.15) is 5.56 Å². The molecule has 0 atom stereocenters. The molecule has 2 aromatic rings. The summed E-state index contributed by atoms with van der Waals surface area (Å²) in [5.74, 6) is -1.14. The van der Waals surface area contributed by atoms with E-state index in [-0.39, 0.29) is 22.0 Å². The quantitative estimate of drug-likeness (QED) is 0.769. The monoisotopic (exact) mass is 387 g/mol. The second-order valence-electron chi connectivity index (χ2n) is 4.93. The van der Waals surface area contributed by atoms with Crippen molar-refractivity contribution in [1.82, 2.24) is 0 Å². The molecule has 0 spiro atoms. The van der Waals surface area contributed by atoms with Gasteiger partial charge < -0.3 is 10.1 Å². The Hall–Kier alpha value is -1.90. The van der Waals surface area contributed by atoms with Crippen LogP contribution >= 0.6 is 22.9 Å². The van der Waals surface area contributed by atoms with E-state index in [0.717, 1.165) is 11.8 Å². The number of esters is 1. The van der Waals surface area contributed by atoms with E-state index < -0.39 is 28.3 Å². The first-order valence-electron chi connectivity index (χ1n) is 6.72. The third kappa shape index (κ3) is 5.33. The van der Waals surface area contributed by atoms with Crippen molar-refractivity contribution >= 4 is 50.3 Å². The van der Waals surface area contributed by atoms with Gasteiger partial charge in [-0.25, -0.2) is 8.42 Å². The lowest BCUT2D eigenvalue weighted by Crippen LogP contribution is -2.21. The predicted molar refractivity (Wildman–Crippen MR) is 92.2 cm³/mol. The molecule has 6 nitrogen and oxygen atoms in total. The van der Waals surface area contributed by atoms with E-state index in [4.69, 9.17) is 16.3 Å². The largest absolute Gasteiger partial charge is 0.455 e. The molecule has 0 radical (unpaired) electrons. The van der Waals surface area contributed by atoms with Gasteiger partial charge in [0.2, 0.25) is 0 Å². The number of hydrogen-bond acceptors (Lipinski definition) is 6. The van der Waals surface area contributed by atoms with Gasteiger partial charge >= 0.3 is 5.97 Å². The molecular weight excluding hydrogens is 374 g/mol. The number of halogens is 1. The van der Waals surface area contributed by atoms with E-state index in [9.17, 15) is 18.0 Å². The highest BCUT2D eigenvalue weighted by Crippen LogP contribution is 2.25. The number of hydrogen-bond donors (Lipinski definition) is 1. The second-order valence-corrected chi connectivity index (χ2v) is 8.13. The third-order valence-electron chi connectivity index (χ3n) is 2.93. The Labute approximate surface area is 148 Å². The van der Waals surface area contributed by atoms with Crippen molar-refractivity contribution in [1.29, 1.82) is 0 Å². The third-order valence-corrected chi connectivity index (χ3v) is 5.10. The molecule has 9 heteroatoms. The SMILES string of the molecule is CS(=O)(=O)c1ccc(Cl)c(NC(=O)COC(=O)Cc2ccsc2)c1. The number of nitrogens with one attached hydrogen (secondary N) is 1. The van der Waals surface area contributed by atoms with Crippen molar-refractivity contribution in [3.63, 3.8) is 0 Å². The molecule has 1 amide bonds. The number of amides is 1. The molecule has 0 saturated carbocycles. The Balaban J connectivity index is 1.93. The Morgan fingerprint density at radius 1 is 1.29 bits per heavy atom. The molecule has 1 N–H and O–H groups in total. The normalized spacial score (nSPS) is 11.1. The summed E-state index contributed by atoms with van der Waals surface area (Å²) in [6.45, 7) is -0.484. The summed E-state index contributed by atoms with van der Waals surface area (Å²) >= 11 is 7.39. The van der Waals surface area contributed by atoms with E-state index in [1.165, 1.54) is 29.5 Å². The minimum atomic E-state index is -3.43. The summed E-state index contributed by atoms with van der Waals surface area (Å²) in [6, 6.07) is 5.76. The number of carbonyl (C=O) groups is 2.